The molecular weight excluding hydrogens is 869 g/mol. The second-order valence-corrected chi connectivity index (χ2v) is 20.5. The lowest BCUT2D eigenvalue weighted by Gasteiger charge is -2.47. The lowest BCUT2D eigenvalue weighted by molar-refractivity contribution is -0.302. The van der Waals surface area contributed by atoms with Crippen LogP contribution in [0.15, 0.2) is 53.8 Å². The smallest absolute Gasteiger partial charge is 0.329 e. The van der Waals surface area contributed by atoms with Crippen molar-refractivity contribution in [2.24, 2.45) is 29.6 Å². The number of allylic oxidation sites excluding steroid dienone is 3. The third kappa shape index (κ3) is 12.1. The van der Waals surface area contributed by atoms with E-state index in [0.717, 1.165) is 36.1 Å². The van der Waals surface area contributed by atoms with Crippen LogP contribution in [0.3, 0.4) is 0 Å². The lowest BCUT2D eigenvalue weighted by Crippen LogP contribution is -2.64. The Morgan fingerprint density at radius 1 is 0.897 bits per heavy atom. The summed E-state index contributed by atoms with van der Waals surface area (Å²) in [5.41, 5.74) is 2.87. The molecule has 3 aliphatic heterocycles. The average molecular weight is 949 g/mol. The molecule has 0 radical (unpaired) electrons. The highest BCUT2D eigenvalue weighted by atomic mass is 16.7. The first kappa shape index (κ1) is 53.4. The van der Waals surface area contributed by atoms with Gasteiger partial charge in [-0.05, 0) is 126 Å². The fraction of sp³-hybridized carbons (Fsp3) is 0.704. The van der Waals surface area contributed by atoms with Crippen molar-refractivity contribution in [3.63, 3.8) is 0 Å². The van der Waals surface area contributed by atoms with Crippen LogP contribution in [0, 0.1) is 29.6 Å². The van der Waals surface area contributed by atoms with Crippen molar-refractivity contribution in [2.75, 3.05) is 27.9 Å². The number of aliphatic hydroxyl groups is 2. The quantitative estimate of drug-likeness (QED) is 0.134. The number of cyclic esters (lactones) is 1. The van der Waals surface area contributed by atoms with Gasteiger partial charge in [-0.2, -0.15) is 0 Å². The first-order valence-corrected chi connectivity index (χ1v) is 25.3. The van der Waals surface area contributed by atoms with E-state index in [9.17, 15) is 29.4 Å². The number of hydrogen-bond donors (Lipinski definition) is 2. The van der Waals surface area contributed by atoms with Gasteiger partial charge in [-0.3, -0.25) is 14.4 Å². The van der Waals surface area contributed by atoms with Gasteiger partial charge in [0.15, 0.2) is 0 Å². The number of aromatic nitrogens is 1. The molecule has 2 aromatic rings. The topological polar surface area (TPSA) is 172 Å². The molecule has 0 spiro atoms. The molecule has 1 aromatic heterocycles. The van der Waals surface area contributed by atoms with E-state index in [1.807, 2.05) is 32.9 Å². The summed E-state index contributed by atoms with van der Waals surface area (Å²) in [6.07, 6.45) is 7.82. The van der Waals surface area contributed by atoms with E-state index in [-0.39, 0.29) is 55.6 Å². The second-order valence-electron chi connectivity index (χ2n) is 20.5. The average Bonchev–Trinajstić information content (AvgIpc) is 3.73. The summed E-state index contributed by atoms with van der Waals surface area (Å²) in [6, 6.07) is 7.16. The molecule has 2 saturated heterocycles. The zero-order valence-corrected chi connectivity index (χ0v) is 42.3. The Morgan fingerprint density at radius 2 is 1.62 bits per heavy atom. The molecule has 2 N–H and O–H groups in total. The maximum absolute atomic E-state index is 14.6. The molecular formula is C54H80N2O12. The molecule has 1 aliphatic carbocycles. The van der Waals surface area contributed by atoms with E-state index < -0.39 is 77.8 Å². The Hall–Kier alpha value is -3.92. The summed E-state index contributed by atoms with van der Waals surface area (Å²) in [4.78, 5) is 58.6. The van der Waals surface area contributed by atoms with Gasteiger partial charge in [-0.1, -0.05) is 52.3 Å². The van der Waals surface area contributed by atoms with Crippen molar-refractivity contribution in [1.82, 2.24) is 9.47 Å². The molecule has 4 aliphatic rings. The number of aliphatic hydroxyl groups excluding tert-OH is 1. The number of hydrogen-bond acceptors (Lipinski definition) is 12. The van der Waals surface area contributed by atoms with Crippen LogP contribution in [0.25, 0.3) is 10.9 Å². The van der Waals surface area contributed by atoms with E-state index >= 15 is 0 Å². The van der Waals surface area contributed by atoms with Gasteiger partial charge in [-0.15, -0.1) is 0 Å². The second kappa shape index (κ2) is 23.8. The monoisotopic (exact) mass is 949 g/mol. The number of rotatable bonds is 10. The van der Waals surface area contributed by atoms with E-state index in [0.29, 0.717) is 50.5 Å². The van der Waals surface area contributed by atoms with Gasteiger partial charge in [0.25, 0.3) is 11.7 Å². The fourth-order valence-electron chi connectivity index (χ4n) is 11.4. The van der Waals surface area contributed by atoms with E-state index in [1.54, 1.807) is 35.2 Å². The van der Waals surface area contributed by atoms with Crippen LogP contribution < -0.4 is 4.74 Å². The van der Waals surface area contributed by atoms with Gasteiger partial charge in [0.2, 0.25) is 5.79 Å². The van der Waals surface area contributed by atoms with E-state index in [2.05, 4.69) is 48.9 Å². The highest BCUT2D eigenvalue weighted by Crippen LogP contribution is 2.40. The minimum Gasteiger partial charge on any atom is -0.488 e. The molecule has 14 unspecified atom stereocenters. The Labute approximate surface area is 404 Å². The zero-order chi connectivity index (χ0) is 49.4. The number of Topliss-reactive ketones (excluding diaryl/α,β-unsaturated/α-hetero) is 2. The summed E-state index contributed by atoms with van der Waals surface area (Å²) in [7, 11) is 4.77. The molecule has 4 heterocycles. The largest absolute Gasteiger partial charge is 0.488 e. The van der Waals surface area contributed by atoms with E-state index in [4.69, 9.17) is 28.4 Å². The predicted octanol–water partition coefficient (Wildman–Crippen LogP) is 7.92. The molecule has 2 bridgehead atoms. The number of ketones is 2. The van der Waals surface area contributed by atoms with Crippen LogP contribution in [0.1, 0.15) is 126 Å². The van der Waals surface area contributed by atoms with E-state index in [1.165, 1.54) is 10.4 Å². The summed E-state index contributed by atoms with van der Waals surface area (Å²) < 4.78 is 39.4. The first-order valence-electron chi connectivity index (χ1n) is 25.3. The molecule has 68 heavy (non-hydrogen) atoms. The summed E-state index contributed by atoms with van der Waals surface area (Å²) in [6.45, 7) is 14.5. The molecule has 6 rings (SSSR count). The molecule has 14 nitrogen and oxygen atoms in total. The standard InChI is InChI=1S/C54H80N2O12/c1-11-21-55-23-20-39-30-40(17-18-41(39)55)66-45-19-16-37(29-46(45)63-8)27-34(5)49-36(7)43(57)31-44(58)38(12-2)25-32(3)24-33(4)26-47(64-9)50-48(65-10)28-35(6)54(62,68-50)51(59)52(60)56-22-14-13-15-42(56)53(61)67-49/h17-18,20,23,25,27,30,33,35-38,42-43,45-50,57,62H,11-16,19,21-22,24,26,28-29,31H2,1-10H3/b32-25+,34-27?. The number of esters is 1. The Morgan fingerprint density at radius 3 is 2.31 bits per heavy atom. The van der Waals surface area contributed by atoms with Crippen molar-refractivity contribution in [1.29, 1.82) is 0 Å². The van der Waals surface area contributed by atoms with Crippen molar-refractivity contribution >= 4 is 34.3 Å². The Kier molecular flexibility index (Phi) is 18.7. The number of benzene rings is 1. The van der Waals surface area contributed by atoms with Crippen molar-refractivity contribution in [3.05, 3.63) is 53.8 Å². The highest BCUT2D eigenvalue weighted by molar-refractivity contribution is 6.39. The van der Waals surface area contributed by atoms with Gasteiger partial charge >= 0.3 is 5.97 Å². The number of aryl methyl sites for hydroxylation is 1. The highest BCUT2D eigenvalue weighted by Gasteiger charge is 2.56. The number of methoxy groups -OCH3 is 3. The lowest BCUT2D eigenvalue weighted by atomic mass is 9.81. The van der Waals surface area contributed by atoms with Crippen LogP contribution in [-0.4, -0.2) is 126 Å². The summed E-state index contributed by atoms with van der Waals surface area (Å²) in [5, 5.41) is 25.2. The molecule has 378 valence electrons. The van der Waals surface area contributed by atoms with Gasteiger partial charge in [0.05, 0.1) is 24.4 Å². The zero-order valence-electron chi connectivity index (χ0n) is 42.3. The van der Waals surface area contributed by atoms with Crippen LogP contribution in [0.5, 0.6) is 5.75 Å². The first-order chi connectivity index (χ1) is 32.5. The van der Waals surface area contributed by atoms with Crippen LogP contribution >= 0.6 is 0 Å². The Balaban J connectivity index is 1.29. The molecule has 1 aromatic carbocycles. The number of ether oxygens (including phenoxy) is 6. The molecule has 14 atom stereocenters. The number of nitrogens with zero attached hydrogens (tertiary/aromatic N) is 2. The van der Waals surface area contributed by atoms with Gasteiger partial charge < -0.3 is 48.1 Å². The molecule has 1 saturated carbocycles. The number of carbonyl (C=O) groups excluding carboxylic acids is 4. The van der Waals surface area contributed by atoms with Gasteiger partial charge in [0, 0.05) is 75.7 Å². The fourth-order valence-corrected chi connectivity index (χ4v) is 11.4. The van der Waals surface area contributed by atoms with Crippen molar-refractivity contribution in [2.45, 2.75) is 187 Å². The third-order valence-corrected chi connectivity index (χ3v) is 15.4. The maximum Gasteiger partial charge on any atom is 0.329 e. The third-order valence-electron chi connectivity index (χ3n) is 15.4. The van der Waals surface area contributed by atoms with Gasteiger partial charge in [0.1, 0.15) is 35.9 Å². The summed E-state index contributed by atoms with van der Waals surface area (Å²) >= 11 is 0. The van der Waals surface area contributed by atoms with Crippen molar-refractivity contribution in [3.8, 4) is 5.75 Å². The number of fused-ring (bicyclic) bond motifs is 4. The van der Waals surface area contributed by atoms with Crippen LogP contribution in [0.2, 0.25) is 0 Å². The normalized spacial score (nSPS) is 36.4. The molecule has 14 heteroatoms. The van der Waals surface area contributed by atoms with Crippen LogP contribution in [-0.2, 0) is 49.4 Å². The predicted molar refractivity (Wildman–Crippen MR) is 259 cm³/mol. The molecule has 3 fully saturated rings. The van der Waals surface area contributed by atoms with Gasteiger partial charge in [-0.25, -0.2) is 4.79 Å². The SMILES string of the molecule is CCCn1ccc2cc(OC3CCC(C=C(C)C4OC(=O)C5CCCCN5C(=O)C(=O)C5(O)OC(C(OC)CC(C)C/C(C)=C/C(CC)C(=O)CC(O)C4C)C(OC)CC5C)CC3OC)ccc21. The van der Waals surface area contributed by atoms with Crippen molar-refractivity contribution < 1.29 is 57.8 Å². The Bertz CT molecular complexity index is 2110. The number of amides is 1. The minimum absolute atomic E-state index is 0.0167. The maximum atomic E-state index is 14.6. The van der Waals surface area contributed by atoms with Crippen LogP contribution in [0.4, 0.5) is 0 Å². The number of carbonyl (C=O) groups is 4. The number of piperidine rings is 1. The molecule has 1 amide bonds. The minimum atomic E-state index is -2.51. The summed E-state index contributed by atoms with van der Waals surface area (Å²) in [5.74, 6) is -6.69.